The van der Waals surface area contributed by atoms with Crippen LogP contribution in [-0.4, -0.2) is 56.4 Å². The minimum absolute atomic E-state index is 0.106. The molecule has 1 aromatic carbocycles. The molecule has 0 bridgehead atoms. The van der Waals surface area contributed by atoms with Crippen molar-refractivity contribution >= 4 is 27.0 Å². The lowest BCUT2D eigenvalue weighted by Crippen LogP contribution is -2.54. The van der Waals surface area contributed by atoms with Gasteiger partial charge in [0.1, 0.15) is 0 Å². The normalized spacial score (nSPS) is 17.4. The highest BCUT2D eigenvalue weighted by atomic mass is 32.2. The lowest BCUT2D eigenvalue weighted by Gasteiger charge is -2.36. The fraction of sp³-hybridized carbons (Fsp3) is 0.412. The molecule has 0 radical (unpaired) electrons. The summed E-state index contributed by atoms with van der Waals surface area (Å²) in [5, 5.41) is 12.6. The van der Waals surface area contributed by atoms with Crippen LogP contribution in [0.25, 0.3) is 0 Å². The molecule has 0 spiro atoms. The fourth-order valence-corrected chi connectivity index (χ4v) is 5.57. The minimum atomic E-state index is -5.95. The summed E-state index contributed by atoms with van der Waals surface area (Å²) in [4.78, 5) is 1.81. The van der Waals surface area contributed by atoms with E-state index in [1.54, 1.807) is 10.3 Å². The molecule has 5 nitrogen and oxygen atoms in total. The minimum Gasteiger partial charge on any atom is -0.369 e. The Morgan fingerprint density at radius 3 is 1.83 bits per heavy atom. The summed E-state index contributed by atoms with van der Waals surface area (Å²) in [6.07, 6.45) is -11.9. The number of piperazine rings is 1. The van der Waals surface area contributed by atoms with E-state index in [1.807, 2.05) is 0 Å². The summed E-state index contributed by atoms with van der Waals surface area (Å²) < 4.78 is 104. The molecule has 1 aromatic heterocycles. The Morgan fingerprint density at radius 1 is 0.867 bits per heavy atom. The molecule has 3 rings (SSSR count). The standard InChI is InChI=1S/C17H16F6N2O3S2/c18-16(19,20)15(26,17(21,22)23)12-1-3-13(4-2-12)24-6-8-25(9-7-24)30(27,28)14-5-10-29-11-14/h1-5,10-11,26H,6-9H2. The van der Waals surface area contributed by atoms with E-state index in [0.29, 0.717) is 17.8 Å². The summed E-state index contributed by atoms with van der Waals surface area (Å²) in [5.41, 5.74) is -6.01. The van der Waals surface area contributed by atoms with Crippen LogP contribution in [0, 0.1) is 0 Å². The van der Waals surface area contributed by atoms with Crippen molar-refractivity contribution in [3.05, 3.63) is 46.7 Å². The number of thiophene rings is 1. The van der Waals surface area contributed by atoms with Crippen LogP contribution in [0.3, 0.4) is 0 Å². The average Bonchev–Trinajstić information content (AvgIpc) is 3.21. The van der Waals surface area contributed by atoms with Crippen LogP contribution in [-0.2, 0) is 15.6 Å². The lowest BCUT2D eigenvalue weighted by atomic mass is 9.92. The highest BCUT2D eigenvalue weighted by Gasteiger charge is 2.71. The molecule has 30 heavy (non-hydrogen) atoms. The number of anilines is 1. The smallest absolute Gasteiger partial charge is 0.369 e. The second-order valence-corrected chi connectivity index (χ2v) is 9.32. The molecule has 2 heterocycles. The lowest BCUT2D eigenvalue weighted by molar-refractivity contribution is -0.376. The van der Waals surface area contributed by atoms with E-state index in [0.717, 1.165) is 12.1 Å². The Morgan fingerprint density at radius 2 is 1.40 bits per heavy atom. The van der Waals surface area contributed by atoms with Crippen molar-refractivity contribution in [2.45, 2.75) is 22.8 Å². The zero-order valence-corrected chi connectivity index (χ0v) is 16.7. The number of hydrogen-bond acceptors (Lipinski definition) is 5. The zero-order valence-electron chi connectivity index (χ0n) is 15.1. The number of hydrogen-bond donors (Lipinski definition) is 1. The first-order valence-electron chi connectivity index (χ1n) is 8.52. The number of sulfonamides is 1. The van der Waals surface area contributed by atoms with Crippen molar-refractivity contribution in [2.75, 3.05) is 31.1 Å². The summed E-state index contributed by atoms with van der Waals surface area (Å²) in [5.74, 6) is 0. The molecule has 166 valence electrons. The van der Waals surface area contributed by atoms with Gasteiger partial charge < -0.3 is 10.0 Å². The van der Waals surface area contributed by atoms with Gasteiger partial charge in [-0.2, -0.15) is 42.0 Å². The van der Waals surface area contributed by atoms with Gasteiger partial charge in [-0.3, -0.25) is 0 Å². The van der Waals surface area contributed by atoms with Gasteiger partial charge in [-0.25, -0.2) is 8.42 Å². The van der Waals surface area contributed by atoms with Crippen LogP contribution in [0.1, 0.15) is 5.56 Å². The maximum absolute atomic E-state index is 13.0. The Balaban J connectivity index is 1.75. The topological polar surface area (TPSA) is 60.9 Å². The average molecular weight is 474 g/mol. The van der Waals surface area contributed by atoms with Gasteiger partial charge in [0.15, 0.2) is 0 Å². The molecule has 1 saturated heterocycles. The van der Waals surface area contributed by atoms with Gasteiger partial charge in [0.25, 0.3) is 5.60 Å². The summed E-state index contributed by atoms with van der Waals surface area (Å²) in [6, 6.07) is 4.71. The highest BCUT2D eigenvalue weighted by molar-refractivity contribution is 7.89. The van der Waals surface area contributed by atoms with E-state index in [-0.39, 0.29) is 31.1 Å². The Bertz CT molecular complexity index is 950. The molecule has 1 N–H and O–H groups in total. The third-order valence-electron chi connectivity index (χ3n) is 4.84. The molecule has 13 heteroatoms. The quantitative estimate of drug-likeness (QED) is 0.689. The van der Waals surface area contributed by atoms with Gasteiger partial charge in [-0.15, -0.1) is 0 Å². The molecular formula is C17H16F6N2O3S2. The first-order valence-corrected chi connectivity index (χ1v) is 10.9. The highest BCUT2D eigenvalue weighted by Crippen LogP contribution is 2.50. The van der Waals surface area contributed by atoms with Crippen LogP contribution in [0.15, 0.2) is 46.0 Å². The van der Waals surface area contributed by atoms with Crippen molar-refractivity contribution in [3.8, 4) is 0 Å². The number of aliphatic hydroxyl groups is 1. The fourth-order valence-electron chi connectivity index (χ4n) is 3.14. The second-order valence-electron chi connectivity index (χ2n) is 6.60. The van der Waals surface area contributed by atoms with E-state index >= 15 is 0 Å². The maximum atomic E-state index is 13.0. The van der Waals surface area contributed by atoms with Crippen LogP contribution >= 0.6 is 11.3 Å². The number of benzene rings is 1. The molecule has 1 aliphatic rings. The number of alkyl halides is 6. The van der Waals surface area contributed by atoms with E-state index in [1.165, 1.54) is 27.1 Å². The Kier molecular flexibility index (Phi) is 5.86. The van der Waals surface area contributed by atoms with Crippen molar-refractivity contribution in [1.82, 2.24) is 4.31 Å². The van der Waals surface area contributed by atoms with Crippen molar-refractivity contribution in [3.63, 3.8) is 0 Å². The van der Waals surface area contributed by atoms with E-state index in [4.69, 9.17) is 0 Å². The molecular weight excluding hydrogens is 458 g/mol. The molecule has 0 aliphatic carbocycles. The third-order valence-corrected chi connectivity index (χ3v) is 7.57. The van der Waals surface area contributed by atoms with Gasteiger partial charge in [0, 0.05) is 42.8 Å². The van der Waals surface area contributed by atoms with E-state index in [2.05, 4.69) is 0 Å². The van der Waals surface area contributed by atoms with Crippen LogP contribution in [0.4, 0.5) is 32.0 Å². The van der Waals surface area contributed by atoms with Gasteiger partial charge in [0.2, 0.25) is 10.0 Å². The Hall–Kier alpha value is -1.83. The molecule has 0 amide bonds. The molecule has 0 atom stereocenters. The third kappa shape index (κ3) is 3.90. The monoisotopic (exact) mass is 474 g/mol. The summed E-state index contributed by atoms with van der Waals surface area (Å²) >= 11 is 1.24. The van der Waals surface area contributed by atoms with Crippen LogP contribution in [0.2, 0.25) is 0 Å². The SMILES string of the molecule is O=S(=O)(c1ccsc1)N1CCN(c2ccc(C(O)(C(F)(F)F)C(F)(F)F)cc2)CC1. The zero-order chi connectivity index (χ0) is 22.4. The first kappa shape index (κ1) is 22.8. The van der Waals surface area contributed by atoms with Gasteiger partial charge in [-0.1, -0.05) is 12.1 Å². The largest absolute Gasteiger partial charge is 0.430 e. The first-order chi connectivity index (χ1) is 13.8. The Labute approximate surface area is 172 Å². The molecule has 1 fully saturated rings. The second kappa shape index (κ2) is 7.70. The summed E-state index contributed by atoms with van der Waals surface area (Å²) in [7, 11) is -3.65. The van der Waals surface area contributed by atoms with Crippen molar-refractivity contribution in [1.29, 1.82) is 0 Å². The van der Waals surface area contributed by atoms with Crippen LogP contribution in [0.5, 0.6) is 0 Å². The molecule has 2 aromatic rings. The molecule has 0 unspecified atom stereocenters. The van der Waals surface area contributed by atoms with Crippen LogP contribution < -0.4 is 4.90 Å². The van der Waals surface area contributed by atoms with Crippen molar-refractivity contribution in [2.24, 2.45) is 0 Å². The molecule has 1 aliphatic heterocycles. The van der Waals surface area contributed by atoms with Gasteiger partial charge >= 0.3 is 12.4 Å². The van der Waals surface area contributed by atoms with Gasteiger partial charge in [-0.05, 0) is 23.6 Å². The van der Waals surface area contributed by atoms with Crippen molar-refractivity contribution < 1.29 is 39.9 Å². The number of halogens is 6. The van der Waals surface area contributed by atoms with E-state index < -0.39 is 33.5 Å². The number of nitrogens with zero attached hydrogens (tertiary/aromatic N) is 2. The molecule has 0 saturated carbocycles. The van der Waals surface area contributed by atoms with E-state index in [9.17, 15) is 39.9 Å². The predicted octanol–water partition coefficient (Wildman–Crippen LogP) is 3.57. The van der Waals surface area contributed by atoms with Gasteiger partial charge in [0.05, 0.1) is 4.90 Å². The predicted molar refractivity (Wildman–Crippen MR) is 97.7 cm³/mol. The summed E-state index contributed by atoms with van der Waals surface area (Å²) in [6.45, 7) is 0.612. The number of rotatable bonds is 4. The maximum Gasteiger partial charge on any atom is 0.430 e.